The standard InChI is InChI=1S/C31H22BrNO3S/c1-31(2)23-17-20(32)12-15-28(23)37(34,35)29-16-13-21(18-24(29)31)33-25-9-5-6-10-26(25)36-27-14-11-19-7-3-4-8-22(19)30(27)33/h3-18H,1-2H3. The molecule has 5 aromatic rings. The summed E-state index contributed by atoms with van der Waals surface area (Å²) in [6, 6.07) is 31.4. The van der Waals surface area contributed by atoms with Gasteiger partial charge in [0.25, 0.3) is 0 Å². The number of hydrogen-bond donors (Lipinski definition) is 0. The summed E-state index contributed by atoms with van der Waals surface area (Å²) in [5.41, 5.74) is 3.78. The van der Waals surface area contributed by atoms with Crippen LogP contribution in [0.5, 0.6) is 11.5 Å². The summed E-state index contributed by atoms with van der Waals surface area (Å²) in [5, 5.41) is 2.17. The number of sulfone groups is 1. The Bertz CT molecular complexity index is 1880. The zero-order valence-electron chi connectivity index (χ0n) is 20.2. The zero-order chi connectivity index (χ0) is 25.5. The van der Waals surface area contributed by atoms with Gasteiger partial charge in [0.05, 0.1) is 21.2 Å². The molecule has 6 heteroatoms. The summed E-state index contributed by atoms with van der Waals surface area (Å²) < 4.78 is 34.6. The topological polar surface area (TPSA) is 46.6 Å². The number of nitrogens with zero attached hydrogens (tertiary/aromatic N) is 1. The summed E-state index contributed by atoms with van der Waals surface area (Å²) in [4.78, 5) is 2.92. The van der Waals surface area contributed by atoms with Crippen molar-refractivity contribution in [3.63, 3.8) is 0 Å². The van der Waals surface area contributed by atoms with E-state index in [1.54, 1.807) is 18.2 Å². The lowest BCUT2D eigenvalue weighted by Crippen LogP contribution is -2.30. The Kier molecular flexibility index (Phi) is 4.70. The molecule has 182 valence electrons. The molecule has 0 aromatic heterocycles. The van der Waals surface area contributed by atoms with E-state index in [9.17, 15) is 8.42 Å². The smallest absolute Gasteiger partial charge is 0.207 e. The van der Waals surface area contributed by atoms with Crippen LogP contribution in [0.15, 0.2) is 111 Å². The Hall–Kier alpha value is -3.61. The molecule has 5 aromatic carbocycles. The number of rotatable bonds is 1. The van der Waals surface area contributed by atoms with Crippen molar-refractivity contribution in [3.8, 4) is 11.5 Å². The number of hydrogen-bond acceptors (Lipinski definition) is 4. The predicted molar refractivity (Wildman–Crippen MR) is 150 cm³/mol. The Morgan fingerprint density at radius 2 is 1.46 bits per heavy atom. The average molecular weight is 568 g/mol. The highest BCUT2D eigenvalue weighted by molar-refractivity contribution is 9.10. The molecule has 2 aliphatic rings. The molecule has 0 unspecified atom stereocenters. The normalized spacial score (nSPS) is 16.2. The Balaban J connectivity index is 1.52. The van der Waals surface area contributed by atoms with Crippen molar-refractivity contribution >= 4 is 53.6 Å². The number of anilines is 3. The quantitative estimate of drug-likeness (QED) is 0.199. The third kappa shape index (κ3) is 3.15. The van der Waals surface area contributed by atoms with Crippen molar-refractivity contribution < 1.29 is 13.2 Å². The maximum Gasteiger partial charge on any atom is 0.207 e. The fraction of sp³-hybridized carbons (Fsp3) is 0.0968. The van der Waals surface area contributed by atoms with Crippen molar-refractivity contribution in [2.75, 3.05) is 4.90 Å². The minimum absolute atomic E-state index is 0.357. The number of ether oxygens (including phenoxy) is 1. The average Bonchev–Trinajstić information content (AvgIpc) is 2.90. The van der Waals surface area contributed by atoms with Gasteiger partial charge in [0.2, 0.25) is 9.84 Å². The first kappa shape index (κ1) is 22.6. The molecule has 7 rings (SSSR count). The Morgan fingerprint density at radius 1 is 0.757 bits per heavy atom. The molecule has 37 heavy (non-hydrogen) atoms. The lowest BCUT2D eigenvalue weighted by Gasteiger charge is -2.37. The molecule has 4 nitrogen and oxygen atoms in total. The fourth-order valence-corrected chi connectivity index (χ4v) is 7.95. The van der Waals surface area contributed by atoms with Crippen LogP contribution in [0.1, 0.15) is 25.0 Å². The fourth-order valence-electron chi connectivity index (χ4n) is 5.65. The molecule has 0 atom stereocenters. The van der Waals surface area contributed by atoms with Crippen molar-refractivity contribution in [2.45, 2.75) is 29.1 Å². The lowest BCUT2D eigenvalue weighted by atomic mass is 9.77. The monoisotopic (exact) mass is 567 g/mol. The van der Waals surface area contributed by atoms with E-state index in [1.807, 2.05) is 60.7 Å². The van der Waals surface area contributed by atoms with Crippen LogP contribution in [-0.2, 0) is 15.3 Å². The number of fused-ring (bicyclic) bond motifs is 6. The zero-order valence-corrected chi connectivity index (χ0v) is 22.6. The molecule has 2 aliphatic heterocycles. The van der Waals surface area contributed by atoms with E-state index in [0.29, 0.717) is 9.79 Å². The molecular formula is C31H22BrNO3S. The first-order valence-corrected chi connectivity index (χ1v) is 14.3. The number of para-hydroxylation sites is 2. The van der Waals surface area contributed by atoms with Crippen LogP contribution in [0.2, 0.25) is 0 Å². The molecule has 2 heterocycles. The minimum Gasteiger partial charge on any atom is -0.453 e. The van der Waals surface area contributed by atoms with Gasteiger partial charge in [-0.2, -0.15) is 0 Å². The van der Waals surface area contributed by atoms with Crippen LogP contribution in [0.3, 0.4) is 0 Å². The van der Waals surface area contributed by atoms with Gasteiger partial charge in [-0.05, 0) is 71.1 Å². The van der Waals surface area contributed by atoms with Gasteiger partial charge in [0.15, 0.2) is 11.5 Å². The van der Waals surface area contributed by atoms with E-state index in [4.69, 9.17) is 4.74 Å². The lowest BCUT2D eigenvalue weighted by molar-refractivity contribution is 0.478. The second-order valence-corrected chi connectivity index (χ2v) is 12.8. The van der Waals surface area contributed by atoms with Crippen LogP contribution in [0, 0.1) is 0 Å². The molecule has 0 aliphatic carbocycles. The summed E-state index contributed by atoms with van der Waals surface area (Å²) in [6.07, 6.45) is 0. The van der Waals surface area contributed by atoms with Crippen LogP contribution in [0.25, 0.3) is 10.8 Å². The summed E-state index contributed by atoms with van der Waals surface area (Å²) in [5.74, 6) is 1.51. The van der Waals surface area contributed by atoms with Gasteiger partial charge in [-0.15, -0.1) is 0 Å². The minimum atomic E-state index is -3.66. The highest BCUT2D eigenvalue weighted by Crippen LogP contribution is 2.54. The largest absolute Gasteiger partial charge is 0.453 e. The SMILES string of the molecule is CC1(C)c2cc(Br)ccc2S(=O)(=O)c2ccc(N3c4ccccc4Oc4ccc5ccccc5c43)cc21. The second kappa shape index (κ2) is 7.70. The van der Waals surface area contributed by atoms with Gasteiger partial charge < -0.3 is 9.64 Å². The second-order valence-electron chi connectivity index (χ2n) is 9.99. The summed E-state index contributed by atoms with van der Waals surface area (Å²) >= 11 is 3.54. The van der Waals surface area contributed by atoms with E-state index in [2.05, 4.69) is 52.9 Å². The van der Waals surface area contributed by atoms with E-state index >= 15 is 0 Å². The molecule has 0 radical (unpaired) electrons. The maximum absolute atomic E-state index is 13.7. The molecule has 0 saturated heterocycles. The van der Waals surface area contributed by atoms with Crippen LogP contribution < -0.4 is 9.64 Å². The Labute approximate surface area is 224 Å². The molecule has 0 amide bonds. The van der Waals surface area contributed by atoms with E-state index in [0.717, 1.165) is 54.9 Å². The Morgan fingerprint density at radius 3 is 2.30 bits per heavy atom. The van der Waals surface area contributed by atoms with Crippen molar-refractivity contribution in [1.82, 2.24) is 0 Å². The van der Waals surface area contributed by atoms with Gasteiger partial charge >= 0.3 is 0 Å². The molecule has 0 saturated carbocycles. The van der Waals surface area contributed by atoms with Crippen molar-refractivity contribution in [3.05, 3.63) is 113 Å². The highest BCUT2D eigenvalue weighted by Gasteiger charge is 2.41. The third-order valence-corrected chi connectivity index (χ3v) is 9.87. The summed E-state index contributed by atoms with van der Waals surface area (Å²) in [7, 11) is -3.66. The van der Waals surface area contributed by atoms with Gasteiger partial charge in [0, 0.05) is 21.0 Å². The number of halogens is 1. The highest BCUT2D eigenvalue weighted by atomic mass is 79.9. The predicted octanol–water partition coefficient (Wildman–Crippen LogP) is 8.65. The first-order chi connectivity index (χ1) is 17.8. The van der Waals surface area contributed by atoms with Crippen molar-refractivity contribution in [2.24, 2.45) is 0 Å². The number of benzene rings is 5. The molecule has 0 fully saturated rings. The van der Waals surface area contributed by atoms with Crippen molar-refractivity contribution in [1.29, 1.82) is 0 Å². The first-order valence-electron chi connectivity index (χ1n) is 12.1. The van der Waals surface area contributed by atoms with Crippen LogP contribution in [0.4, 0.5) is 17.1 Å². The van der Waals surface area contributed by atoms with E-state index in [-0.39, 0.29) is 0 Å². The van der Waals surface area contributed by atoms with Gasteiger partial charge in [-0.25, -0.2) is 8.42 Å². The van der Waals surface area contributed by atoms with Gasteiger partial charge in [-0.3, -0.25) is 0 Å². The van der Waals surface area contributed by atoms with Gasteiger partial charge in [0.1, 0.15) is 0 Å². The van der Waals surface area contributed by atoms with Gasteiger partial charge in [-0.1, -0.05) is 72.2 Å². The molecule has 0 N–H and O–H groups in total. The molecular weight excluding hydrogens is 546 g/mol. The maximum atomic E-state index is 13.7. The van der Waals surface area contributed by atoms with E-state index in [1.165, 1.54) is 0 Å². The van der Waals surface area contributed by atoms with Crippen LogP contribution in [-0.4, -0.2) is 8.42 Å². The third-order valence-electron chi connectivity index (χ3n) is 7.50. The van der Waals surface area contributed by atoms with E-state index < -0.39 is 15.3 Å². The molecule has 0 spiro atoms. The van der Waals surface area contributed by atoms with Crippen LogP contribution >= 0.6 is 15.9 Å². The summed E-state index contributed by atoms with van der Waals surface area (Å²) in [6.45, 7) is 4.18. The molecule has 0 bridgehead atoms.